The van der Waals surface area contributed by atoms with Crippen LogP contribution in [-0.4, -0.2) is 41.1 Å². The number of hydrogen-bond acceptors (Lipinski definition) is 3. The maximum Gasteiger partial charge on any atom is 0.230 e. The number of aliphatic hydroxyl groups is 1. The van der Waals surface area contributed by atoms with Gasteiger partial charge in [0.15, 0.2) is 0 Å². The summed E-state index contributed by atoms with van der Waals surface area (Å²) in [6.45, 7) is 3.40. The van der Waals surface area contributed by atoms with Gasteiger partial charge in [-0.1, -0.05) is 25.7 Å². The molecule has 0 aromatic rings. The van der Waals surface area contributed by atoms with Crippen LogP contribution in [0.15, 0.2) is 0 Å². The summed E-state index contributed by atoms with van der Waals surface area (Å²) in [7, 11) is 0. The average molecular weight is 254 g/mol. The topological polar surface area (TPSA) is 66.6 Å². The lowest BCUT2D eigenvalue weighted by Crippen LogP contribution is -2.48. The van der Waals surface area contributed by atoms with Gasteiger partial charge in [0.25, 0.3) is 0 Å². The van der Waals surface area contributed by atoms with Crippen molar-refractivity contribution in [2.45, 2.75) is 57.5 Å². The van der Waals surface area contributed by atoms with Crippen LogP contribution in [-0.2, 0) is 4.79 Å². The van der Waals surface area contributed by atoms with Crippen LogP contribution < -0.4 is 5.73 Å². The quantitative estimate of drug-likeness (QED) is 0.729. The van der Waals surface area contributed by atoms with E-state index in [1.807, 2.05) is 11.8 Å². The largest absolute Gasteiger partial charge is 0.388 e. The summed E-state index contributed by atoms with van der Waals surface area (Å²) in [6.07, 6.45) is 7.15. The summed E-state index contributed by atoms with van der Waals surface area (Å²) in [5, 5.41) is 10.00. The molecule has 1 heterocycles. The molecule has 4 heteroatoms. The van der Waals surface area contributed by atoms with E-state index in [0.717, 1.165) is 25.7 Å². The normalized spacial score (nSPS) is 32.3. The van der Waals surface area contributed by atoms with Crippen LogP contribution in [0.2, 0.25) is 0 Å². The molecule has 104 valence electrons. The van der Waals surface area contributed by atoms with Gasteiger partial charge >= 0.3 is 0 Å². The number of rotatable bonds is 2. The minimum Gasteiger partial charge on any atom is -0.388 e. The number of nitrogens with two attached hydrogens (primary N) is 1. The first-order valence-electron chi connectivity index (χ1n) is 7.21. The predicted molar refractivity (Wildman–Crippen MR) is 71.0 cm³/mol. The molecule has 3 N–H and O–H groups in total. The molecule has 2 fully saturated rings. The lowest BCUT2D eigenvalue weighted by atomic mass is 9.79. The first kappa shape index (κ1) is 13.8. The van der Waals surface area contributed by atoms with Crippen molar-refractivity contribution >= 4 is 5.91 Å². The Bertz CT molecular complexity index is 307. The number of β-amino-alcohol motifs (C(OH)–C–C–N with tert-alkyl or cyclic N) is 1. The molecular weight excluding hydrogens is 228 g/mol. The van der Waals surface area contributed by atoms with Crippen molar-refractivity contribution in [1.29, 1.82) is 0 Å². The fourth-order valence-electron chi connectivity index (χ4n) is 3.36. The lowest BCUT2D eigenvalue weighted by Gasteiger charge is -2.34. The highest BCUT2D eigenvalue weighted by Crippen LogP contribution is 2.37. The molecule has 1 aliphatic heterocycles. The summed E-state index contributed by atoms with van der Waals surface area (Å²) in [6, 6.07) is 0. The van der Waals surface area contributed by atoms with Crippen molar-refractivity contribution in [3.63, 3.8) is 0 Å². The first-order valence-corrected chi connectivity index (χ1v) is 7.21. The average Bonchev–Trinajstić information content (AvgIpc) is 2.57. The number of carbonyl (C=O) groups is 1. The molecule has 1 atom stereocenters. The van der Waals surface area contributed by atoms with Crippen molar-refractivity contribution in [2.75, 3.05) is 19.6 Å². The second-order valence-electron chi connectivity index (χ2n) is 6.37. The van der Waals surface area contributed by atoms with Gasteiger partial charge in [0.2, 0.25) is 5.91 Å². The third-order valence-corrected chi connectivity index (χ3v) is 4.64. The number of nitrogens with zero attached hydrogens (tertiary/aromatic N) is 1. The fraction of sp³-hybridized carbons (Fsp3) is 0.929. The van der Waals surface area contributed by atoms with Gasteiger partial charge in [-0.3, -0.25) is 4.79 Å². The Kier molecular flexibility index (Phi) is 3.97. The van der Waals surface area contributed by atoms with Crippen LogP contribution in [0, 0.1) is 5.41 Å². The van der Waals surface area contributed by atoms with Gasteiger partial charge in [0, 0.05) is 19.6 Å². The monoisotopic (exact) mass is 254 g/mol. The molecule has 1 amide bonds. The van der Waals surface area contributed by atoms with E-state index < -0.39 is 5.60 Å². The Balaban J connectivity index is 2.09. The molecule has 0 aromatic heterocycles. The zero-order valence-corrected chi connectivity index (χ0v) is 11.5. The molecule has 1 unspecified atom stereocenters. The van der Waals surface area contributed by atoms with Gasteiger partial charge < -0.3 is 15.7 Å². The minimum absolute atomic E-state index is 0.185. The molecule has 2 rings (SSSR count). The smallest absolute Gasteiger partial charge is 0.230 e. The van der Waals surface area contributed by atoms with E-state index in [1.54, 1.807) is 0 Å². The van der Waals surface area contributed by atoms with E-state index in [0.29, 0.717) is 26.1 Å². The SMILES string of the molecule is CC1(O)CCN(C(=O)C2(CN)CCCCCC2)C1. The van der Waals surface area contributed by atoms with Gasteiger partial charge in [0.05, 0.1) is 11.0 Å². The summed E-state index contributed by atoms with van der Waals surface area (Å²) in [5.41, 5.74) is 4.87. The van der Waals surface area contributed by atoms with Crippen molar-refractivity contribution < 1.29 is 9.90 Å². The fourth-order valence-corrected chi connectivity index (χ4v) is 3.36. The third kappa shape index (κ3) is 2.69. The van der Waals surface area contributed by atoms with E-state index in [9.17, 15) is 9.90 Å². The van der Waals surface area contributed by atoms with Crippen LogP contribution in [0.3, 0.4) is 0 Å². The molecule has 4 nitrogen and oxygen atoms in total. The molecule has 0 spiro atoms. The summed E-state index contributed by atoms with van der Waals surface area (Å²) < 4.78 is 0. The van der Waals surface area contributed by atoms with E-state index in [-0.39, 0.29) is 11.3 Å². The highest BCUT2D eigenvalue weighted by Gasteiger charge is 2.44. The third-order valence-electron chi connectivity index (χ3n) is 4.64. The van der Waals surface area contributed by atoms with E-state index in [2.05, 4.69) is 0 Å². The molecule has 0 aromatic carbocycles. The second kappa shape index (κ2) is 5.17. The first-order chi connectivity index (χ1) is 8.49. The molecular formula is C14H26N2O2. The number of carbonyl (C=O) groups excluding carboxylic acids is 1. The molecule has 1 saturated heterocycles. The number of amides is 1. The molecule has 0 bridgehead atoms. The van der Waals surface area contributed by atoms with Crippen molar-refractivity contribution in [1.82, 2.24) is 4.90 Å². The van der Waals surface area contributed by atoms with Gasteiger partial charge in [-0.2, -0.15) is 0 Å². The van der Waals surface area contributed by atoms with Gasteiger partial charge in [-0.25, -0.2) is 0 Å². The van der Waals surface area contributed by atoms with Crippen LogP contribution >= 0.6 is 0 Å². The van der Waals surface area contributed by atoms with Crippen molar-refractivity contribution in [3.05, 3.63) is 0 Å². The van der Waals surface area contributed by atoms with Crippen molar-refractivity contribution in [3.8, 4) is 0 Å². The molecule has 18 heavy (non-hydrogen) atoms. The van der Waals surface area contributed by atoms with Crippen LogP contribution in [0.1, 0.15) is 51.9 Å². The Morgan fingerprint density at radius 1 is 1.22 bits per heavy atom. The highest BCUT2D eigenvalue weighted by molar-refractivity contribution is 5.83. The van der Waals surface area contributed by atoms with E-state index >= 15 is 0 Å². The van der Waals surface area contributed by atoms with E-state index in [4.69, 9.17) is 5.73 Å². The minimum atomic E-state index is -0.712. The molecule has 1 aliphatic carbocycles. The Hall–Kier alpha value is -0.610. The van der Waals surface area contributed by atoms with Gasteiger partial charge in [-0.15, -0.1) is 0 Å². The van der Waals surface area contributed by atoms with Crippen molar-refractivity contribution in [2.24, 2.45) is 11.1 Å². The van der Waals surface area contributed by atoms with E-state index in [1.165, 1.54) is 12.8 Å². The highest BCUT2D eigenvalue weighted by atomic mass is 16.3. The molecule has 2 aliphatic rings. The molecule has 1 saturated carbocycles. The summed E-state index contributed by atoms with van der Waals surface area (Å²) >= 11 is 0. The summed E-state index contributed by atoms with van der Waals surface area (Å²) in [4.78, 5) is 14.6. The zero-order chi connectivity index (χ0) is 13.2. The Morgan fingerprint density at radius 2 is 1.83 bits per heavy atom. The number of hydrogen-bond donors (Lipinski definition) is 2. The second-order valence-corrected chi connectivity index (χ2v) is 6.37. The maximum atomic E-state index is 12.7. The Morgan fingerprint density at radius 3 is 2.28 bits per heavy atom. The van der Waals surface area contributed by atoms with Gasteiger partial charge in [0.1, 0.15) is 0 Å². The number of likely N-dealkylation sites (tertiary alicyclic amines) is 1. The predicted octanol–water partition coefficient (Wildman–Crippen LogP) is 1.27. The molecule has 0 radical (unpaired) electrons. The van der Waals surface area contributed by atoms with Gasteiger partial charge in [-0.05, 0) is 26.2 Å². The standard InChI is InChI=1S/C14H26N2O2/c1-13(18)8-9-16(11-13)12(17)14(10-15)6-4-2-3-5-7-14/h18H,2-11,15H2,1H3. The summed E-state index contributed by atoms with van der Waals surface area (Å²) in [5.74, 6) is 0.185. The zero-order valence-electron chi connectivity index (χ0n) is 11.5. The van der Waals surface area contributed by atoms with Crippen LogP contribution in [0.5, 0.6) is 0 Å². The van der Waals surface area contributed by atoms with Crippen LogP contribution in [0.4, 0.5) is 0 Å². The Labute approximate surface area is 110 Å². The maximum absolute atomic E-state index is 12.7. The lowest BCUT2D eigenvalue weighted by molar-refractivity contribution is -0.142. The van der Waals surface area contributed by atoms with Crippen LogP contribution in [0.25, 0.3) is 0 Å².